The topological polar surface area (TPSA) is 41.1 Å². The summed E-state index contributed by atoms with van der Waals surface area (Å²) in [6.07, 6.45) is 3.79. The van der Waals surface area contributed by atoms with Crippen LogP contribution in [0.3, 0.4) is 0 Å². The van der Waals surface area contributed by atoms with Crippen LogP contribution in [0.25, 0.3) is 0 Å². The zero-order valence-electron chi connectivity index (χ0n) is 13.3. The van der Waals surface area contributed by atoms with Crippen molar-refractivity contribution in [3.8, 4) is 0 Å². The minimum Gasteiger partial charge on any atom is -0.311 e. The Morgan fingerprint density at radius 1 is 1.10 bits per heavy atom. The average Bonchev–Trinajstić information content (AvgIpc) is 2.49. The van der Waals surface area contributed by atoms with Crippen LogP contribution in [-0.4, -0.2) is 22.6 Å². The van der Waals surface area contributed by atoms with Crippen LogP contribution in [0.4, 0.5) is 11.6 Å². The Hall–Kier alpha value is -1.94. The summed E-state index contributed by atoms with van der Waals surface area (Å²) in [6.45, 7) is 10.1. The number of rotatable bonds is 6. The van der Waals surface area contributed by atoms with E-state index in [1.54, 1.807) is 0 Å². The lowest BCUT2D eigenvalue weighted by Crippen LogP contribution is -2.22. The molecule has 1 heterocycles. The van der Waals surface area contributed by atoms with E-state index in [-0.39, 0.29) is 0 Å². The lowest BCUT2D eigenvalue weighted by molar-refractivity contribution is 0.587. The van der Waals surface area contributed by atoms with E-state index in [0.29, 0.717) is 6.04 Å². The fourth-order valence-corrected chi connectivity index (χ4v) is 2.06. The Labute approximate surface area is 127 Å². The third-order valence-electron chi connectivity index (χ3n) is 3.31. The summed E-state index contributed by atoms with van der Waals surface area (Å²) in [5, 5.41) is 3.37. The van der Waals surface area contributed by atoms with Gasteiger partial charge in [0.1, 0.15) is 0 Å². The summed E-state index contributed by atoms with van der Waals surface area (Å²) in [7, 11) is 0. The summed E-state index contributed by atoms with van der Waals surface area (Å²) in [5.41, 5.74) is 3.48. The van der Waals surface area contributed by atoms with Gasteiger partial charge in [-0.1, -0.05) is 31.5 Å². The van der Waals surface area contributed by atoms with Gasteiger partial charge < -0.3 is 10.2 Å². The first-order chi connectivity index (χ1) is 10.1. The summed E-state index contributed by atoms with van der Waals surface area (Å²) >= 11 is 0. The van der Waals surface area contributed by atoms with Crippen molar-refractivity contribution in [1.29, 1.82) is 0 Å². The molecule has 0 saturated heterocycles. The Morgan fingerprint density at radius 2 is 1.71 bits per heavy atom. The molecule has 0 saturated carbocycles. The predicted molar refractivity (Wildman–Crippen MR) is 87.9 cm³/mol. The van der Waals surface area contributed by atoms with E-state index < -0.39 is 0 Å². The highest BCUT2D eigenvalue weighted by Gasteiger charge is 2.09. The maximum absolute atomic E-state index is 4.50. The van der Waals surface area contributed by atoms with Gasteiger partial charge in [-0.15, -0.1) is 0 Å². The Kier molecular flexibility index (Phi) is 5.28. The summed E-state index contributed by atoms with van der Waals surface area (Å²) in [6, 6.07) is 8.90. The monoisotopic (exact) mass is 284 g/mol. The number of nitrogens with one attached hydrogen (secondary N) is 1. The number of anilines is 2. The molecule has 2 rings (SSSR count). The van der Waals surface area contributed by atoms with Gasteiger partial charge in [-0.3, -0.25) is 0 Å². The second-order valence-electron chi connectivity index (χ2n) is 5.51. The van der Waals surface area contributed by atoms with Gasteiger partial charge in [0.25, 0.3) is 0 Å². The molecule has 0 unspecified atom stereocenters. The van der Waals surface area contributed by atoms with Crippen molar-refractivity contribution in [2.24, 2.45) is 0 Å². The van der Waals surface area contributed by atoms with Crippen LogP contribution in [-0.2, 0) is 6.54 Å². The molecule has 2 aromatic rings. The number of nitrogens with zero attached hydrogens (tertiary/aromatic N) is 3. The molecule has 0 bridgehead atoms. The summed E-state index contributed by atoms with van der Waals surface area (Å²) < 4.78 is 0. The first-order valence-corrected chi connectivity index (χ1v) is 7.48. The molecule has 21 heavy (non-hydrogen) atoms. The predicted octanol–water partition coefficient (Wildman–Crippen LogP) is 3.44. The highest BCUT2D eigenvalue weighted by molar-refractivity contribution is 5.57. The molecule has 0 amide bonds. The van der Waals surface area contributed by atoms with Crippen LogP contribution in [0.2, 0.25) is 0 Å². The number of aryl methyl sites for hydroxylation is 1. The van der Waals surface area contributed by atoms with E-state index in [1.165, 1.54) is 5.56 Å². The molecule has 1 aromatic heterocycles. The van der Waals surface area contributed by atoms with Gasteiger partial charge in [-0.25, -0.2) is 9.97 Å². The normalized spacial score (nSPS) is 10.9. The van der Waals surface area contributed by atoms with Crippen molar-refractivity contribution in [2.75, 3.05) is 11.4 Å². The third kappa shape index (κ3) is 4.26. The van der Waals surface area contributed by atoms with Gasteiger partial charge in [0.2, 0.25) is 5.95 Å². The fourth-order valence-electron chi connectivity index (χ4n) is 2.06. The molecular formula is C17H24N4. The summed E-state index contributed by atoms with van der Waals surface area (Å²) in [5.74, 6) is 0.745. The summed E-state index contributed by atoms with van der Waals surface area (Å²) in [4.78, 5) is 11.1. The van der Waals surface area contributed by atoms with Crippen molar-refractivity contribution in [2.45, 2.75) is 40.3 Å². The molecule has 0 atom stereocenters. The van der Waals surface area contributed by atoms with Crippen LogP contribution >= 0.6 is 0 Å². The Balaban J connectivity index is 2.13. The third-order valence-corrected chi connectivity index (χ3v) is 3.31. The smallest absolute Gasteiger partial charge is 0.229 e. The van der Waals surface area contributed by atoms with E-state index in [1.807, 2.05) is 12.4 Å². The van der Waals surface area contributed by atoms with E-state index in [4.69, 9.17) is 0 Å². The lowest BCUT2D eigenvalue weighted by Gasteiger charge is -2.21. The van der Waals surface area contributed by atoms with Crippen LogP contribution in [0.1, 0.15) is 31.9 Å². The molecule has 1 aromatic carbocycles. The Bertz CT molecular complexity index is 546. The second kappa shape index (κ2) is 7.18. The van der Waals surface area contributed by atoms with Crippen molar-refractivity contribution in [1.82, 2.24) is 15.3 Å². The molecule has 0 radical (unpaired) electrons. The van der Waals surface area contributed by atoms with Gasteiger partial charge in [0.15, 0.2) is 0 Å². The highest BCUT2D eigenvalue weighted by Crippen LogP contribution is 2.21. The van der Waals surface area contributed by atoms with Crippen LogP contribution in [0.15, 0.2) is 36.7 Å². The van der Waals surface area contributed by atoms with Gasteiger partial charge in [-0.2, -0.15) is 0 Å². The largest absolute Gasteiger partial charge is 0.311 e. The molecule has 0 spiro atoms. The zero-order chi connectivity index (χ0) is 15.2. The minimum atomic E-state index is 0.462. The quantitative estimate of drug-likeness (QED) is 0.882. The number of benzene rings is 1. The first-order valence-electron chi connectivity index (χ1n) is 7.48. The van der Waals surface area contributed by atoms with Gasteiger partial charge in [-0.05, 0) is 26.0 Å². The molecule has 0 aliphatic heterocycles. The van der Waals surface area contributed by atoms with Crippen LogP contribution < -0.4 is 10.2 Å². The molecule has 4 nitrogen and oxygen atoms in total. The van der Waals surface area contributed by atoms with E-state index >= 15 is 0 Å². The molecule has 0 aliphatic rings. The fraction of sp³-hybridized carbons (Fsp3) is 0.412. The van der Waals surface area contributed by atoms with Gasteiger partial charge in [0, 0.05) is 42.8 Å². The second-order valence-corrected chi connectivity index (χ2v) is 5.51. The van der Waals surface area contributed by atoms with Crippen molar-refractivity contribution in [3.05, 3.63) is 47.8 Å². The standard InChI is InChI=1S/C17H24N4/c1-5-21(16-8-6-14(4)7-9-16)17-19-11-15(12-20-17)10-18-13(2)3/h6-9,11-13,18H,5,10H2,1-4H3. The Morgan fingerprint density at radius 3 is 2.24 bits per heavy atom. The van der Waals surface area contributed by atoms with Crippen molar-refractivity contribution >= 4 is 11.6 Å². The zero-order valence-corrected chi connectivity index (χ0v) is 13.3. The number of hydrogen-bond acceptors (Lipinski definition) is 4. The van der Waals surface area contributed by atoms with Gasteiger partial charge in [0.05, 0.1) is 0 Å². The maximum atomic E-state index is 4.50. The number of hydrogen-bond donors (Lipinski definition) is 1. The van der Waals surface area contributed by atoms with Crippen molar-refractivity contribution < 1.29 is 0 Å². The maximum Gasteiger partial charge on any atom is 0.229 e. The van der Waals surface area contributed by atoms with E-state index in [9.17, 15) is 0 Å². The molecule has 4 heteroatoms. The molecule has 1 N–H and O–H groups in total. The van der Waals surface area contributed by atoms with Crippen molar-refractivity contribution in [3.63, 3.8) is 0 Å². The lowest BCUT2D eigenvalue weighted by atomic mass is 10.2. The highest BCUT2D eigenvalue weighted by atomic mass is 15.2. The molecular weight excluding hydrogens is 260 g/mol. The van der Waals surface area contributed by atoms with Crippen LogP contribution in [0.5, 0.6) is 0 Å². The molecule has 0 fully saturated rings. The molecule has 0 aliphatic carbocycles. The van der Waals surface area contributed by atoms with E-state index in [0.717, 1.165) is 30.3 Å². The number of aromatic nitrogens is 2. The SMILES string of the molecule is CCN(c1ccc(C)cc1)c1ncc(CNC(C)C)cn1. The molecule has 112 valence electrons. The minimum absolute atomic E-state index is 0.462. The van der Waals surface area contributed by atoms with Gasteiger partial charge >= 0.3 is 0 Å². The van der Waals surface area contributed by atoms with E-state index in [2.05, 4.69) is 72.1 Å². The first kappa shape index (κ1) is 15.4. The van der Waals surface area contributed by atoms with Crippen LogP contribution in [0, 0.1) is 6.92 Å². The average molecular weight is 284 g/mol.